The molecular formula is C16H19BrF3N. The quantitative estimate of drug-likeness (QED) is 0.483. The SMILES string of the molecule is C/C=C1\C(=C(\C)N)C=CC2C1C=C(C(F)(F)F)C(C)C2Br. The lowest BCUT2D eigenvalue weighted by atomic mass is 9.68. The van der Waals surface area contributed by atoms with Gasteiger partial charge in [0.25, 0.3) is 0 Å². The largest absolute Gasteiger partial charge is 0.412 e. The second kappa shape index (κ2) is 5.67. The van der Waals surface area contributed by atoms with Gasteiger partial charge in [0.2, 0.25) is 0 Å². The Balaban J connectivity index is 2.59. The molecule has 5 heteroatoms. The number of allylic oxidation sites excluding steroid dienone is 8. The van der Waals surface area contributed by atoms with Crippen molar-refractivity contribution >= 4 is 15.9 Å². The van der Waals surface area contributed by atoms with Gasteiger partial charge in [0.05, 0.1) is 0 Å². The Hall–Kier alpha value is -0.970. The zero-order valence-electron chi connectivity index (χ0n) is 12.2. The van der Waals surface area contributed by atoms with Gasteiger partial charge in [-0.25, -0.2) is 0 Å². The van der Waals surface area contributed by atoms with E-state index in [9.17, 15) is 13.2 Å². The normalized spacial score (nSPS) is 37.3. The molecule has 0 radical (unpaired) electrons. The average molecular weight is 362 g/mol. The van der Waals surface area contributed by atoms with Crippen LogP contribution in [0.5, 0.6) is 0 Å². The number of fused-ring (bicyclic) bond motifs is 1. The van der Waals surface area contributed by atoms with Gasteiger partial charge in [0, 0.05) is 27.9 Å². The summed E-state index contributed by atoms with van der Waals surface area (Å²) in [6.45, 7) is 5.24. The minimum Gasteiger partial charge on any atom is -0.402 e. The van der Waals surface area contributed by atoms with Crippen molar-refractivity contribution in [2.75, 3.05) is 0 Å². The Bertz CT molecular complexity index is 550. The monoisotopic (exact) mass is 361 g/mol. The summed E-state index contributed by atoms with van der Waals surface area (Å²) in [7, 11) is 0. The van der Waals surface area contributed by atoms with E-state index in [-0.39, 0.29) is 16.7 Å². The molecule has 2 N–H and O–H groups in total. The highest BCUT2D eigenvalue weighted by atomic mass is 79.9. The number of rotatable bonds is 0. The Morgan fingerprint density at radius 3 is 2.48 bits per heavy atom. The number of hydrogen-bond acceptors (Lipinski definition) is 1. The minimum atomic E-state index is -4.29. The van der Waals surface area contributed by atoms with Gasteiger partial charge in [-0.15, -0.1) is 0 Å². The first-order valence-corrected chi connectivity index (χ1v) is 7.84. The fraction of sp³-hybridized carbons (Fsp3) is 0.500. The Labute approximate surface area is 131 Å². The molecular weight excluding hydrogens is 343 g/mol. The van der Waals surface area contributed by atoms with Gasteiger partial charge in [-0.3, -0.25) is 0 Å². The molecule has 0 aromatic rings. The van der Waals surface area contributed by atoms with E-state index in [2.05, 4.69) is 15.9 Å². The summed E-state index contributed by atoms with van der Waals surface area (Å²) in [6, 6.07) is 0. The molecule has 116 valence electrons. The molecule has 0 aromatic heterocycles. The zero-order chi connectivity index (χ0) is 15.9. The second-order valence-electron chi connectivity index (χ2n) is 5.66. The van der Waals surface area contributed by atoms with Crippen LogP contribution in [-0.4, -0.2) is 11.0 Å². The van der Waals surface area contributed by atoms with Crippen molar-refractivity contribution in [1.82, 2.24) is 0 Å². The molecule has 0 amide bonds. The molecule has 4 unspecified atom stereocenters. The number of nitrogens with two attached hydrogens (primary N) is 1. The molecule has 1 nitrogen and oxygen atoms in total. The van der Waals surface area contributed by atoms with Gasteiger partial charge in [0.15, 0.2) is 0 Å². The van der Waals surface area contributed by atoms with Crippen LogP contribution in [0.25, 0.3) is 0 Å². The molecule has 0 aromatic carbocycles. The van der Waals surface area contributed by atoms with Crippen LogP contribution >= 0.6 is 15.9 Å². The summed E-state index contributed by atoms with van der Waals surface area (Å²) in [4.78, 5) is -0.241. The van der Waals surface area contributed by atoms with Crippen molar-refractivity contribution in [3.63, 3.8) is 0 Å². The lowest BCUT2D eigenvalue weighted by molar-refractivity contribution is -0.100. The Kier molecular flexibility index (Phi) is 4.43. The highest BCUT2D eigenvalue weighted by Crippen LogP contribution is 2.49. The summed E-state index contributed by atoms with van der Waals surface area (Å²) < 4.78 is 39.7. The minimum absolute atomic E-state index is 0.0143. The smallest absolute Gasteiger partial charge is 0.402 e. The molecule has 4 atom stereocenters. The molecule has 2 aliphatic carbocycles. The summed E-state index contributed by atoms with van der Waals surface area (Å²) in [5.41, 5.74) is 7.76. The maximum Gasteiger partial charge on any atom is 0.412 e. The molecule has 0 aliphatic heterocycles. The lowest BCUT2D eigenvalue weighted by Gasteiger charge is -2.41. The first kappa shape index (κ1) is 16.4. The van der Waals surface area contributed by atoms with Gasteiger partial charge in [0.1, 0.15) is 0 Å². The van der Waals surface area contributed by atoms with Crippen molar-refractivity contribution in [1.29, 1.82) is 0 Å². The third-order valence-electron chi connectivity index (χ3n) is 4.33. The van der Waals surface area contributed by atoms with Crippen LogP contribution in [0.3, 0.4) is 0 Å². The molecule has 0 saturated heterocycles. The number of hydrogen-bond donors (Lipinski definition) is 1. The fourth-order valence-corrected chi connectivity index (χ4v) is 4.01. The van der Waals surface area contributed by atoms with Crippen LogP contribution in [-0.2, 0) is 0 Å². The molecule has 0 spiro atoms. The van der Waals surface area contributed by atoms with Crippen LogP contribution < -0.4 is 5.73 Å². The summed E-state index contributed by atoms with van der Waals surface area (Å²) in [5.74, 6) is -0.843. The highest BCUT2D eigenvalue weighted by Gasteiger charge is 2.47. The van der Waals surface area contributed by atoms with Crippen molar-refractivity contribution in [2.24, 2.45) is 23.5 Å². The van der Waals surface area contributed by atoms with E-state index in [0.717, 1.165) is 11.1 Å². The maximum absolute atomic E-state index is 13.2. The van der Waals surface area contributed by atoms with Crippen LogP contribution in [0.1, 0.15) is 20.8 Å². The van der Waals surface area contributed by atoms with E-state index in [1.165, 1.54) is 6.08 Å². The zero-order valence-corrected chi connectivity index (χ0v) is 13.8. The van der Waals surface area contributed by atoms with Crippen LogP contribution in [0, 0.1) is 17.8 Å². The van der Waals surface area contributed by atoms with E-state index in [0.29, 0.717) is 5.70 Å². The topological polar surface area (TPSA) is 26.0 Å². The molecule has 2 aliphatic rings. The van der Waals surface area contributed by atoms with Crippen LogP contribution in [0.4, 0.5) is 13.2 Å². The predicted molar refractivity (Wildman–Crippen MR) is 82.8 cm³/mol. The van der Waals surface area contributed by atoms with Crippen molar-refractivity contribution < 1.29 is 13.2 Å². The predicted octanol–water partition coefficient (Wildman–Crippen LogP) is 4.87. The Morgan fingerprint density at radius 2 is 2.00 bits per heavy atom. The van der Waals surface area contributed by atoms with Gasteiger partial charge < -0.3 is 5.73 Å². The van der Waals surface area contributed by atoms with Gasteiger partial charge in [-0.05, 0) is 30.9 Å². The molecule has 0 bridgehead atoms. The van der Waals surface area contributed by atoms with E-state index >= 15 is 0 Å². The third-order valence-corrected chi connectivity index (χ3v) is 5.73. The van der Waals surface area contributed by atoms with Crippen molar-refractivity contribution in [3.05, 3.63) is 46.7 Å². The fourth-order valence-electron chi connectivity index (χ4n) is 3.23. The van der Waals surface area contributed by atoms with E-state index in [4.69, 9.17) is 5.73 Å². The number of alkyl halides is 4. The van der Waals surface area contributed by atoms with Crippen LogP contribution in [0.15, 0.2) is 46.7 Å². The average Bonchev–Trinajstić information content (AvgIpc) is 2.39. The van der Waals surface area contributed by atoms with E-state index < -0.39 is 17.7 Å². The first-order valence-electron chi connectivity index (χ1n) is 6.92. The summed E-state index contributed by atoms with van der Waals surface area (Å²) in [6.07, 6.45) is 2.86. The highest BCUT2D eigenvalue weighted by molar-refractivity contribution is 9.09. The summed E-state index contributed by atoms with van der Waals surface area (Å²) in [5, 5.41) is 0. The third kappa shape index (κ3) is 2.85. The Morgan fingerprint density at radius 1 is 1.38 bits per heavy atom. The van der Waals surface area contributed by atoms with Crippen LogP contribution in [0.2, 0.25) is 0 Å². The van der Waals surface area contributed by atoms with E-state index in [1.807, 2.05) is 25.2 Å². The first-order chi connectivity index (χ1) is 9.68. The molecule has 2 rings (SSSR count). The molecule has 0 saturated carbocycles. The van der Waals surface area contributed by atoms with E-state index in [1.54, 1.807) is 13.8 Å². The maximum atomic E-state index is 13.2. The standard InChI is InChI=1S/C16H19BrF3N/c1-4-10-11(9(3)21)5-6-12-13(10)7-14(16(18,19)20)8(2)15(12)17/h4-8,12-13,15H,21H2,1-3H3/b10-4+,11-9-. The lowest BCUT2D eigenvalue weighted by Crippen LogP contribution is -2.39. The number of halogens is 4. The van der Waals surface area contributed by atoms with Gasteiger partial charge in [-0.1, -0.05) is 47.2 Å². The molecule has 21 heavy (non-hydrogen) atoms. The van der Waals surface area contributed by atoms with Gasteiger partial charge in [-0.2, -0.15) is 13.2 Å². The van der Waals surface area contributed by atoms with Crippen molar-refractivity contribution in [2.45, 2.75) is 31.8 Å². The summed E-state index contributed by atoms with van der Waals surface area (Å²) >= 11 is 3.48. The van der Waals surface area contributed by atoms with Gasteiger partial charge >= 0.3 is 6.18 Å². The molecule has 0 heterocycles. The van der Waals surface area contributed by atoms with Crippen molar-refractivity contribution in [3.8, 4) is 0 Å². The molecule has 0 fully saturated rings. The second-order valence-corrected chi connectivity index (χ2v) is 6.71.